The maximum Gasteiger partial charge on any atom is 0.116 e. The molecule has 0 amide bonds. The molecule has 1 aliphatic rings. The lowest BCUT2D eigenvalue weighted by Gasteiger charge is -2.16. The minimum atomic E-state index is 0.324. The van der Waals surface area contributed by atoms with Gasteiger partial charge in [-0.25, -0.2) is 0 Å². The number of phenolic OH excluding ortho intramolecular Hbond substituents is 2. The van der Waals surface area contributed by atoms with Crippen molar-refractivity contribution >= 4 is 16.5 Å². The highest BCUT2D eigenvalue weighted by Gasteiger charge is 2.13. The lowest BCUT2D eigenvalue weighted by Crippen LogP contribution is -2.28. The van der Waals surface area contributed by atoms with Gasteiger partial charge in [-0.3, -0.25) is 0 Å². The van der Waals surface area contributed by atoms with Crippen molar-refractivity contribution in [3.63, 3.8) is 0 Å². The number of allylic oxidation sites excluding steroid dienone is 1. The van der Waals surface area contributed by atoms with Crippen molar-refractivity contribution in [3.8, 4) is 11.5 Å². The molecular formula is C33H47N3O2. The van der Waals surface area contributed by atoms with Gasteiger partial charge in [0.2, 0.25) is 0 Å². The van der Waals surface area contributed by atoms with E-state index in [4.69, 9.17) is 0 Å². The maximum absolute atomic E-state index is 9.96. The number of unbranched alkanes of at least 4 members (excludes halogenated alkanes) is 3. The largest absolute Gasteiger partial charge is 0.508 e. The number of nitrogens with one attached hydrogen (secondary N) is 3. The zero-order chi connectivity index (χ0) is 26.7. The van der Waals surface area contributed by atoms with Gasteiger partial charge in [-0.15, -0.1) is 0 Å². The number of hydrogen-bond acceptors (Lipinski definition) is 4. The normalized spacial score (nSPS) is 15.2. The molecule has 38 heavy (non-hydrogen) atoms. The van der Waals surface area contributed by atoms with E-state index in [9.17, 15) is 10.2 Å². The number of aromatic nitrogens is 1. The second-order valence-corrected chi connectivity index (χ2v) is 11.2. The van der Waals surface area contributed by atoms with E-state index in [2.05, 4.69) is 47.8 Å². The van der Waals surface area contributed by atoms with Crippen LogP contribution in [0.25, 0.3) is 16.5 Å². The fourth-order valence-corrected chi connectivity index (χ4v) is 5.74. The molecule has 206 valence electrons. The molecule has 0 fully saturated rings. The quantitative estimate of drug-likeness (QED) is 0.138. The van der Waals surface area contributed by atoms with Crippen LogP contribution in [-0.4, -0.2) is 40.4 Å². The molecule has 2 atom stereocenters. The van der Waals surface area contributed by atoms with E-state index in [0.29, 0.717) is 23.6 Å². The predicted octanol–water partition coefficient (Wildman–Crippen LogP) is 7.23. The summed E-state index contributed by atoms with van der Waals surface area (Å²) in [5, 5.41) is 28.2. The van der Waals surface area contributed by atoms with Crippen molar-refractivity contribution in [3.05, 3.63) is 65.4 Å². The molecule has 5 heteroatoms. The average molecular weight is 518 g/mol. The summed E-state index contributed by atoms with van der Waals surface area (Å²) in [6, 6.07) is 12.4. The third kappa shape index (κ3) is 8.37. The number of aromatic hydroxyl groups is 2. The molecule has 1 aliphatic carbocycles. The molecule has 1 aromatic heterocycles. The van der Waals surface area contributed by atoms with Gasteiger partial charge >= 0.3 is 0 Å². The highest BCUT2D eigenvalue weighted by atomic mass is 16.3. The van der Waals surface area contributed by atoms with Crippen LogP contribution in [0.3, 0.4) is 0 Å². The van der Waals surface area contributed by atoms with Crippen molar-refractivity contribution in [2.24, 2.45) is 0 Å². The maximum atomic E-state index is 9.96. The van der Waals surface area contributed by atoms with Crippen LogP contribution in [0.4, 0.5) is 0 Å². The number of phenols is 2. The highest BCUT2D eigenvalue weighted by molar-refractivity contribution is 5.84. The molecule has 2 unspecified atom stereocenters. The third-order valence-corrected chi connectivity index (χ3v) is 8.03. The second-order valence-electron chi connectivity index (χ2n) is 11.2. The van der Waals surface area contributed by atoms with E-state index in [1.54, 1.807) is 6.07 Å². The standard InChI is InChI=1S/C33H47N3O2/c1-24(34-19-17-27-12-8-7-11-26-13-14-29(37)21-31(26)27)9-5-3-4-6-10-25(2)35-20-18-28-23-36-33-16-15-30(38)22-32(28)33/h12-16,21-25,34-38H,3-11,17-20H2,1-2H3. The molecule has 4 rings (SSSR count). The van der Waals surface area contributed by atoms with E-state index < -0.39 is 0 Å². The zero-order valence-corrected chi connectivity index (χ0v) is 23.4. The van der Waals surface area contributed by atoms with E-state index in [-0.39, 0.29) is 0 Å². The molecule has 0 saturated heterocycles. The van der Waals surface area contributed by atoms with Crippen LogP contribution in [-0.2, 0) is 12.8 Å². The van der Waals surface area contributed by atoms with Crippen LogP contribution in [0.15, 0.2) is 48.7 Å². The molecule has 0 saturated carbocycles. The van der Waals surface area contributed by atoms with Gasteiger partial charge in [0.05, 0.1) is 0 Å². The Morgan fingerprint density at radius 1 is 0.842 bits per heavy atom. The molecule has 0 radical (unpaired) electrons. The molecule has 3 aromatic rings. The Balaban J connectivity index is 1.04. The summed E-state index contributed by atoms with van der Waals surface area (Å²) in [6.07, 6.45) is 17.4. The number of benzene rings is 2. The summed E-state index contributed by atoms with van der Waals surface area (Å²) >= 11 is 0. The third-order valence-electron chi connectivity index (χ3n) is 8.03. The van der Waals surface area contributed by atoms with Gasteiger partial charge in [0.25, 0.3) is 0 Å². The Bertz CT molecular complexity index is 1180. The number of hydrogen-bond donors (Lipinski definition) is 5. The first-order chi connectivity index (χ1) is 18.5. The fraction of sp³-hybridized carbons (Fsp3) is 0.515. The second kappa shape index (κ2) is 14.4. The summed E-state index contributed by atoms with van der Waals surface area (Å²) in [4.78, 5) is 3.29. The van der Waals surface area contributed by atoms with E-state index in [1.165, 1.54) is 67.2 Å². The Hall–Kier alpha value is -2.76. The Kier molecular flexibility index (Phi) is 10.7. The summed E-state index contributed by atoms with van der Waals surface area (Å²) in [7, 11) is 0. The molecule has 0 aliphatic heterocycles. The zero-order valence-electron chi connectivity index (χ0n) is 23.4. The van der Waals surface area contributed by atoms with Crippen molar-refractivity contribution in [1.29, 1.82) is 0 Å². The van der Waals surface area contributed by atoms with Gasteiger partial charge in [-0.1, -0.05) is 37.8 Å². The number of aryl methyl sites for hydroxylation is 1. The average Bonchev–Trinajstić information content (AvgIpc) is 3.18. The summed E-state index contributed by atoms with van der Waals surface area (Å²) in [5.74, 6) is 0.695. The lowest BCUT2D eigenvalue weighted by atomic mass is 9.96. The van der Waals surface area contributed by atoms with Gasteiger partial charge in [0.15, 0.2) is 0 Å². The summed E-state index contributed by atoms with van der Waals surface area (Å²) < 4.78 is 0. The molecule has 0 spiro atoms. The number of fused-ring (bicyclic) bond motifs is 2. The van der Waals surface area contributed by atoms with Crippen LogP contribution >= 0.6 is 0 Å². The van der Waals surface area contributed by atoms with E-state index in [1.807, 2.05) is 24.3 Å². The Labute approximate surface area is 228 Å². The van der Waals surface area contributed by atoms with Crippen molar-refractivity contribution in [1.82, 2.24) is 15.6 Å². The van der Waals surface area contributed by atoms with E-state index in [0.717, 1.165) is 49.7 Å². The first kappa shape index (κ1) is 28.3. The SMILES string of the molecule is CC(CCCCCCC(C)NCCc1c[nH]c2ccc(O)cc12)NCCC1=CCCCc2ccc(O)cc21. The van der Waals surface area contributed by atoms with Gasteiger partial charge < -0.3 is 25.8 Å². The molecule has 2 aromatic carbocycles. The van der Waals surface area contributed by atoms with Crippen LogP contribution < -0.4 is 10.6 Å². The van der Waals surface area contributed by atoms with Crippen LogP contribution in [0.2, 0.25) is 0 Å². The van der Waals surface area contributed by atoms with Crippen LogP contribution in [0.5, 0.6) is 11.5 Å². The number of aromatic amines is 1. The van der Waals surface area contributed by atoms with Crippen molar-refractivity contribution in [2.75, 3.05) is 13.1 Å². The smallest absolute Gasteiger partial charge is 0.116 e. The van der Waals surface area contributed by atoms with Crippen molar-refractivity contribution < 1.29 is 10.2 Å². The Morgan fingerprint density at radius 2 is 1.53 bits per heavy atom. The van der Waals surface area contributed by atoms with Gasteiger partial charge in [-0.05, 0) is 124 Å². The van der Waals surface area contributed by atoms with E-state index >= 15 is 0 Å². The Morgan fingerprint density at radius 3 is 2.29 bits per heavy atom. The van der Waals surface area contributed by atoms with Crippen LogP contribution in [0, 0.1) is 0 Å². The fourth-order valence-electron chi connectivity index (χ4n) is 5.74. The number of rotatable bonds is 15. The first-order valence-corrected chi connectivity index (χ1v) is 14.8. The lowest BCUT2D eigenvalue weighted by molar-refractivity contribution is 0.461. The molecule has 1 heterocycles. The van der Waals surface area contributed by atoms with Crippen LogP contribution in [0.1, 0.15) is 88.3 Å². The monoisotopic (exact) mass is 517 g/mol. The topological polar surface area (TPSA) is 80.3 Å². The van der Waals surface area contributed by atoms with Crippen molar-refractivity contribution in [2.45, 2.75) is 96.6 Å². The summed E-state index contributed by atoms with van der Waals surface area (Å²) in [5.41, 5.74) is 6.35. The molecular weight excluding hydrogens is 470 g/mol. The minimum Gasteiger partial charge on any atom is -0.508 e. The van der Waals surface area contributed by atoms with Gasteiger partial charge in [-0.2, -0.15) is 0 Å². The number of H-pyrrole nitrogens is 1. The summed E-state index contributed by atoms with van der Waals surface area (Å²) in [6.45, 7) is 6.54. The minimum absolute atomic E-state index is 0.324. The molecule has 0 bridgehead atoms. The highest BCUT2D eigenvalue weighted by Crippen LogP contribution is 2.30. The predicted molar refractivity (Wildman–Crippen MR) is 160 cm³/mol. The van der Waals surface area contributed by atoms with Gasteiger partial charge in [0.1, 0.15) is 11.5 Å². The molecule has 5 N–H and O–H groups in total. The molecule has 5 nitrogen and oxygen atoms in total. The first-order valence-electron chi connectivity index (χ1n) is 14.8. The van der Waals surface area contributed by atoms with Gasteiger partial charge in [0, 0.05) is 29.2 Å².